The zero-order chi connectivity index (χ0) is 31.1. The average Bonchev–Trinajstić information content (AvgIpc) is 3.03. The quantitative estimate of drug-likeness (QED) is 0.129. The van der Waals surface area contributed by atoms with Gasteiger partial charge in [0.15, 0.2) is 9.84 Å². The number of ether oxygens (including phenoxy) is 1. The zero-order valence-corrected chi connectivity index (χ0v) is 27.1. The number of unbranched alkanes of at least 4 members (excludes halogenated alkanes) is 9. The van der Waals surface area contributed by atoms with Crippen LogP contribution in [0.15, 0.2) is 77.7 Å². The monoisotopic (exact) mass is 622 g/mol. The van der Waals surface area contributed by atoms with Gasteiger partial charge >= 0.3 is 0 Å². The molecule has 0 amide bonds. The van der Waals surface area contributed by atoms with Gasteiger partial charge in [0.05, 0.1) is 22.0 Å². The largest absolute Gasteiger partial charge is 0.506 e. The molecule has 4 aromatic carbocycles. The summed E-state index contributed by atoms with van der Waals surface area (Å²) >= 11 is 0. The highest BCUT2D eigenvalue weighted by atomic mass is 32.2. The third-order valence-corrected chi connectivity index (χ3v) is 10.8. The summed E-state index contributed by atoms with van der Waals surface area (Å²) in [5.41, 5.74) is 7.99. The van der Waals surface area contributed by atoms with Crippen LogP contribution in [0, 0.1) is 0 Å². The minimum Gasteiger partial charge on any atom is -0.506 e. The summed E-state index contributed by atoms with van der Waals surface area (Å²) in [6, 6.07) is 23.3. The van der Waals surface area contributed by atoms with Crippen molar-refractivity contribution in [3.63, 3.8) is 0 Å². The second-order valence-electron chi connectivity index (χ2n) is 12.7. The van der Waals surface area contributed by atoms with E-state index in [2.05, 4.69) is 48.2 Å². The molecule has 234 valence electrons. The zero-order valence-electron chi connectivity index (χ0n) is 26.3. The summed E-state index contributed by atoms with van der Waals surface area (Å²) in [5.74, 6) is 1.66. The van der Waals surface area contributed by atoms with Crippen molar-refractivity contribution in [3.05, 3.63) is 89.5 Å². The van der Waals surface area contributed by atoms with E-state index in [0.717, 1.165) is 52.7 Å². The number of hydrogen-bond acceptors (Lipinski definition) is 6. The van der Waals surface area contributed by atoms with Crippen molar-refractivity contribution in [2.24, 2.45) is 0 Å². The fourth-order valence-corrected chi connectivity index (χ4v) is 8.14. The molecule has 0 aromatic heterocycles. The lowest BCUT2D eigenvalue weighted by Gasteiger charge is -2.47. The Kier molecular flexibility index (Phi) is 7.98. The molecule has 1 atom stereocenters. The fraction of sp³-hybridized carbons (Fsp3) is 0.368. The van der Waals surface area contributed by atoms with Crippen LogP contribution < -0.4 is 14.5 Å². The van der Waals surface area contributed by atoms with Crippen LogP contribution in [0.3, 0.4) is 0 Å². The highest BCUT2D eigenvalue weighted by Gasteiger charge is 2.45. The molecule has 7 heteroatoms. The molecule has 0 saturated carbocycles. The fourth-order valence-electron chi connectivity index (χ4n) is 7.50. The van der Waals surface area contributed by atoms with Crippen molar-refractivity contribution in [2.45, 2.75) is 81.9 Å². The number of sulfone groups is 1. The van der Waals surface area contributed by atoms with Crippen LogP contribution >= 0.6 is 0 Å². The molecule has 3 aliphatic heterocycles. The highest BCUT2D eigenvalue weighted by molar-refractivity contribution is 7.90. The van der Waals surface area contributed by atoms with Crippen molar-refractivity contribution in [1.82, 2.24) is 0 Å². The van der Waals surface area contributed by atoms with Gasteiger partial charge in [-0.05, 0) is 61.0 Å². The molecule has 4 aromatic rings. The number of hydrogen-bond donors (Lipinski definition) is 1. The van der Waals surface area contributed by atoms with E-state index in [-0.39, 0.29) is 16.6 Å². The van der Waals surface area contributed by atoms with E-state index >= 15 is 0 Å². The molecular weight excluding hydrogens is 580 g/mol. The van der Waals surface area contributed by atoms with Gasteiger partial charge in [-0.1, -0.05) is 82.9 Å². The van der Waals surface area contributed by atoms with Crippen LogP contribution in [-0.4, -0.2) is 26.3 Å². The molecule has 6 nitrogen and oxygen atoms in total. The second kappa shape index (κ2) is 12.1. The van der Waals surface area contributed by atoms with Crippen LogP contribution in [0.5, 0.6) is 17.2 Å². The van der Waals surface area contributed by atoms with E-state index < -0.39 is 9.84 Å². The molecule has 0 fully saturated rings. The third kappa shape index (κ3) is 5.25. The average molecular weight is 623 g/mol. The number of aromatic hydroxyl groups is 1. The molecule has 1 unspecified atom stereocenters. The van der Waals surface area contributed by atoms with Crippen molar-refractivity contribution < 1.29 is 18.3 Å². The van der Waals surface area contributed by atoms with Gasteiger partial charge in [-0.25, -0.2) is 8.42 Å². The van der Waals surface area contributed by atoms with Crippen LogP contribution in [0.1, 0.15) is 93.7 Å². The molecule has 0 aliphatic carbocycles. The van der Waals surface area contributed by atoms with Crippen LogP contribution in [0.25, 0.3) is 0 Å². The standard InChI is InChI=1S/C38H42N2O4S/c1-3-4-5-6-7-8-9-10-11-12-24-39-27-16-13-18-29-35(27)38-36-28(39)17-14-20-33(36)44-34-21-15-19-30(37(34)38)40(29)31-25-26(45(2,42)43)22-23-32(31)41/h13-23,25,38,41H,3-12,24H2,1-2H3. The predicted molar refractivity (Wildman–Crippen MR) is 182 cm³/mol. The van der Waals surface area contributed by atoms with Crippen molar-refractivity contribution >= 4 is 38.3 Å². The van der Waals surface area contributed by atoms with Gasteiger partial charge in [-0.2, -0.15) is 0 Å². The number of anilines is 5. The molecule has 0 radical (unpaired) electrons. The Morgan fingerprint density at radius 2 is 1.20 bits per heavy atom. The Bertz CT molecular complexity index is 1850. The van der Waals surface area contributed by atoms with E-state index in [9.17, 15) is 13.5 Å². The number of benzene rings is 4. The SMILES string of the molecule is CCCCCCCCCCCCN1c2cccc3c2C2c4c(cccc4N(c4cc(S(C)(=O)=O)ccc4O)c4cccc1c42)O3. The van der Waals surface area contributed by atoms with Gasteiger partial charge in [0.25, 0.3) is 0 Å². The molecule has 0 spiro atoms. The van der Waals surface area contributed by atoms with Gasteiger partial charge in [0, 0.05) is 46.8 Å². The summed E-state index contributed by atoms with van der Waals surface area (Å²) in [6.07, 6.45) is 14.1. The van der Waals surface area contributed by atoms with Crippen LogP contribution in [0.2, 0.25) is 0 Å². The normalized spacial score (nSPS) is 15.6. The van der Waals surface area contributed by atoms with E-state index in [0.29, 0.717) is 5.69 Å². The van der Waals surface area contributed by atoms with Gasteiger partial charge in [0.1, 0.15) is 17.2 Å². The minimum absolute atomic E-state index is 0.0203. The lowest BCUT2D eigenvalue weighted by atomic mass is 9.74. The number of rotatable bonds is 13. The molecule has 1 N–H and O–H groups in total. The van der Waals surface area contributed by atoms with Crippen molar-refractivity contribution in [1.29, 1.82) is 0 Å². The van der Waals surface area contributed by atoms with Gasteiger partial charge in [-0.3, -0.25) is 0 Å². The van der Waals surface area contributed by atoms with E-state index in [1.165, 1.54) is 87.4 Å². The maximum absolute atomic E-state index is 12.6. The Balaban J connectivity index is 1.26. The molecule has 0 saturated heterocycles. The Hall–Kier alpha value is -3.97. The third-order valence-electron chi connectivity index (χ3n) is 9.65. The highest BCUT2D eigenvalue weighted by Crippen LogP contribution is 2.65. The molecule has 0 bridgehead atoms. The number of phenolic OH excluding ortho intramolecular Hbond substituents is 1. The Morgan fingerprint density at radius 3 is 1.84 bits per heavy atom. The first-order chi connectivity index (χ1) is 21.9. The Labute approximate surface area is 267 Å². The van der Waals surface area contributed by atoms with Crippen LogP contribution in [0.4, 0.5) is 28.4 Å². The summed E-state index contributed by atoms with van der Waals surface area (Å²) in [5, 5.41) is 11.2. The summed E-state index contributed by atoms with van der Waals surface area (Å²) in [7, 11) is -3.49. The first-order valence-corrected chi connectivity index (χ1v) is 18.4. The lowest BCUT2D eigenvalue weighted by Crippen LogP contribution is -2.33. The summed E-state index contributed by atoms with van der Waals surface area (Å²) < 4.78 is 31.8. The first kappa shape index (κ1) is 29.7. The van der Waals surface area contributed by atoms with Crippen molar-refractivity contribution in [3.8, 4) is 17.2 Å². The van der Waals surface area contributed by atoms with E-state index in [1.807, 2.05) is 23.1 Å². The molecule has 3 aliphatic rings. The second-order valence-corrected chi connectivity index (χ2v) is 14.7. The smallest absolute Gasteiger partial charge is 0.175 e. The molecular formula is C38H42N2O4S. The predicted octanol–water partition coefficient (Wildman–Crippen LogP) is 10.2. The maximum Gasteiger partial charge on any atom is 0.175 e. The van der Waals surface area contributed by atoms with Crippen molar-refractivity contribution in [2.75, 3.05) is 22.6 Å². The molecule has 45 heavy (non-hydrogen) atoms. The number of phenols is 1. The van der Waals surface area contributed by atoms with Crippen LogP contribution in [-0.2, 0) is 9.84 Å². The van der Waals surface area contributed by atoms with Gasteiger partial charge in [0.2, 0.25) is 0 Å². The maximum atomic E-state index is 12.6. The number of nitrogens with zero attached hydrogens (tertiary/aromatic N) is 2. The van der Waals surface area contributed by atoms with E-state index in [4.69, 9.17) is 4.74 Å². The summed E-state index contributed by atoms with van der Waals surface area (Å²) in [4.78, 5) is 4.63. The summed E-state index contributed by atoms with van der Waals surface area (Å²) in [6.45, 7) is 3.17. The lowest BCUT2D eigenvalue weighted by molar-refractivity contribution is 0.450. The van der Waals surface area contributed by atoms with Gasteiger partial charge in [-0.15, -0.1) is 0 Å². The minimum atomic E-state index is -3.49. The van der Waals surface area contributed by atoms with Gasteiger partial charge < -0.3 is 19.6 Å². The first-order valence-electron chi connectivity index (χ1n) is 16.6. The topological polar surface area (TPSA) is 70.1 Å². The molecule has 7 rings (SSSR count). The molecule has 3 heterocycles. The van der Waals surface area contributed by atoms with E-state index in [1.54, 1.807) is 6.07 Å². The Morgan fingerprint density at radius 1 is 0.667 bits per heavy atom.